The van der Waals surface area contributed by atoms with Gasteiger partial charge >= 0.3 is 0 Å². The molecule has 0 N–H and O–H groups in total. The van der Waals surface area contributed by atoms with Crippen LogP contribution in [-0.2, 0) is 6.54 Å². The summed E-state index contributed by atoms with van der Waals surface area (Å²) >= 11 is 0. The Morgan fingerprint density at radius 1 is 1.22 bits per heavy atom. The number of carbonyl (C=O) groups is 1. The van der Waals surface area contributed by atoms with Crippen molar-refractivity contribution in [3.05, 3.63) is 71.9 Å². The first-order chi connectivity index (χ1) is 11.2. The molecule has 0 aliphatic heterocycles. The molecule has 116 valence electrons. The van der Waals surface area contributed by atoms with E-state index in [4.69, 9.17) is 0 Å². The van der Waals surface area contributed by atoms with E-state index in [1.165, 1.54) is 12.1 Å². The van der Waals surface area contributed by atoms with Gasteiger partial charge in [-0.25, -0.2) is 9.37 Å². The highest BCUT2D eigenvalue weighted by Crippen LogP contribution is 2.29. The minimum Gasteiger partial charge on any atom is -0.330 e. The lowest BCUT2D eigenvalue weighted by atomic mass is 10.2. The van der Waals surface area contributed by atoms with Crippen molar-refractivity contribution in [1.82, 2.24) is 14.3 Å². The Hall–Kier alpha value is -2.69. The summed E-state index contributed by atoms with van der Waals surface area (Å²) < 4.78 is 14.9. The standard InChI is InChI=1S/C18H16FN3O/c19-14-6-4-13(5-7-14)11-22(15-8-9-15)18(23)16-12-21-10-2-1-3-17(21)20-16/h1-7,10,12,15H,8-9,11H2. The SMILES string of the molecule is O=C(c1cn2ccccc2n1)N(Cc1ccc(F)cc1)C1CC1. The molecule has 2 heterocycles. The summed E-state index contributed by atoms with van der Waals surface area (Å²) in [5.41, 5.74) is 2.13. The number of amides is 1. The molecule has 0 radical (unpaired) electrons. The Morgan fingerprint density at radius 3 is 2.70 bits per heavy atom. The summed E-state index contributed by atoms with van der Waals surface area (Å²) in [7, 11) is 0. The summed E-state index contributed by atoms with van der Waals surface area (Å²) in [6, 6.07) is 12.2. The van der Waals surface area contributed by atoms with Crippen molar-refractivity contribution >= 4 is 11.6 Å². The van der Waals surface area contributed by atoms with Crippen LogP contribution in [0.5, 0.6) is 0 Å². The zero-order valence-electron chi connectivity index (χ0n) is 12.5. The van der Waals surface area contributed by atoms with Crippen LogP contribution >= 0.6 is 0 Å². The third kappa shape index (κ3) is 2.82. The molecule has 1 amide bonds. The largest absolute Gasteiger partial charge is 0.330 e. The van der Waals surface area contributed by atoms with Gasteiger partial charge in [-0.2, -0.15) is 0 Å². The second kappa shape index (κ2) is 5.50. The van der Waals surface area contributed by atoms with Gasteiger partial charge in [0.05, 0.1) is 0 Å². The molecule has 0 unspecified atom stereocenters. The van der Waals surface area contributed by atoms with E-state index in [1.54, 1.807) is 18.3 Å². The summed E-state index contributed by atoms with van der Waals surface area (Å²) in [6.45, 7) is 0.484. The topological polar surface area (TPSA) is 37.6 Å². The highest BCUT2D eigenvalue weighted by molar-refractivity contribution is 5.93. The average molecular weight is 309 g/mol. The van der Waals surface area contributed by atoms with Crippen molar-refractivity contribution < 1.29 is 9.18 Å². The number of imidazole rings is 1. The molecule has 1 aliphatic rings. The summed E-state index contributed by atoms with van der Waals surface area (Å²) in [4.78, 5) is 19.1. The molecule has 1 saturated carbocycles. The van der Waals surface area contributed by atoms with Gasteiger partial charge in [-0.05, 0) is 42.7 Å². The van der Waals surface area contributed by atoms with Crippen molar-refractivity contribution in [3.63, 3.8) is 0 Å². The van der Waals surface area contributed by atoms with E-state index in [1.807, 2.05) is 33.7 Å². The number of halogens is 1. The molecule has 2 aromatic heterocycles. The highest BCUT2D eigenvalue weighted by atomic mass is 19.1. The van der Waals surface area contributed by atoms with E-state index in [0.29, 0.717) is 12.2 Å². The minimum atomic E-state index is -0.265. The molecular formula is C18H16FN3O. The van der Waals surface area contributed by atoms with Gasteiger partial charge in [0.15, 0.2) is 0 Å². The lowest BCUT2D eigenvalue weighted by Gasteiger charge is -2.21. The van der Waals surface area contributed by atoms with E-state index in [2.05, 4.69) is 4.98 Å². The summed E-state index contributed by atoms with van der Waals surface area (Å²) in [6.07, 6.45) is 5.67. The van der Waals surface area contributed by atoms with E-state index in [9.17, 15) is 9.18 Å². The fraction of sp³-hybridized carbons (Fsp3) is 0.222. The van der Waals surface area contributed by atoms with Crippen molar-refractivity contribution in [1.29, 1.82) is 0 Å². The highest BCUT2D eigenvalue weighted by Gasteiger charge is 2.34. The van der Waals surface area contributed by atoms with Gasteiger partial charge in [-0.3, -0.25) is 4.79 Å². The Bertz CT molecular complexity index is 819. The number of hydrogen-bond acceptors (Lipinski definition) is 2. The minimum absolute atomic E-state index is 0.0690. The van der Waals surface area contributed by atoms with Crippen LogP contribution in [-0.4, -0.2) is 26.2 Å². The first kappa shape index (κ1) is 13.9. The van der Waals surface area contributed by atoms with Crippen LogP contribution in [0.3, 0.4) is 0 Å². The number of carbonyl (C=O) groups excluding carboxylic acids is 1. The van der Waals surface area contributed by atoms with Gasteiger partial charge < -0.3 is 9.30 Å². The van der Waals surface area contributed by atoms with Gasteiger partial charge in [0.2, 0.25) is 0 Å². The van der Waals surface area contributed by atoms with Gasteiger partial charge in [-0.15, -0.1) is 0 Å². The van der Waals surface area contributed by atoms with Crippen LogP contribution in [0.4, 0.5) is 4.39 Å². The monoisotopic (exact) mass is 309 g/mol. The lowest BCUT2D eigenvalue weighted by molar-refractivity contribution is 0.0724. The molecule has 5 heteroatoms. The fourth-order valence-corrected chi connectivity index (χ4v) is 2.72. The summed E-state index contributed by atoms with van der Waals surface area (Å²) in [5.74, 6) is -0.334. The second-order valence-corrected chi connectivity index (χ2v) is 5.88. The lowest BCUT2D eigenvalue weighted by Crippen LogP contribution is -2.32. The molecule has 4 nitrogen and oxygen atoms in total. The third-order valence-electron chi connectivity index (χ3n) is 4.10. The first-order valence-electron chi connectivity index (χ1n) is 7.70. The number of rotatable bonds is 4. The molecule has 1 aliphatic carbocycles. The van der Waals surface area contributed by atoms with Crippen LogP contribution in [0.15, 0.2) is 54.9 Å². The van der Waals surface area contributed by atoms with Gasteiger partial charge in [0.25, 0.3) is 5.91 Å². The van der Waals surface area contributed by atoms with Crippen molar-refractivity contribution in [2.24, 2.45) is 0 Å². The van der Waals surface area contributed by atoms with E-state index in [-0.39, 0.29) is 17.8 Å². The van der Waals surface area contributed by atoms with Crippen LogP contribution in [0.25, 0.3) is 5.65 Å². The van der Waals surface area contributed by atoms with E-state index < -0.39 is 0 Å². The summed E-state index contributed by atoms with van der Waals surface area (Å²) in [5, 5.41) is 0. The van der Waals surface area contributed by atoms with Crippen LogP contribution in [0, 0.1) is 5.82 Å². The Labute approximate surface area is 133 Å². The number of pyridine rings is 1. The smallest absolute Gasteiger partial charge is 0.274 e. The normalized spacial score (nSPS) is 14.1. The van der Waals surface area contributed by atoms with Gasteiger partial charge in [0.1, 0.15) is 17.2 Å². The molecule has 0 atom stereocenters. The maximum Gasteiger partial charge on any atom is 0.274 e. The first-order valence-corrected chi connectivity index (χ1v) is 7.70. The zero-order valence-corrected chi connectivity index (χ0v) is 12.5. The molecular weight excluding hydrogens is 293 g/mol. The quantitative estimate of drug-likeness (QED) is 0.742. The number of aromatic nitrogens is 2. The second-order valence-electron chi connectivity index (χ2n) is 5.88. The van der Waals surface area contributed by atoms with Crippen LogP contribution in [0.1, 0.15) is 28.9 Å². The molecule has 0 spiro atoms. The van der Waals surface area contributed by atoms with Crippen molar-refractivity contribution in [2.45, 2.75) is 25.4 Å². The number of fused-ring (bicyclic) bond motifs is 1. The maximum absolute atomic E-state index is 13.0. The van der Waals surface area contributed by atoms with Crippen LogP contribution < -0.4 is 0 Å². The molecule has 3 aromatic rings. The fourth-order valence-electron chi connectivity index (χ4n) is 2.72. The maximum atomic E-state index is 13.0. The van der Waals surface area contributed by atoms with Crippen LogP contribution in [0.2, 0.25) is 0 Å². The van der Waals surface area contributed by atoms with Gasteiger partial charge in [0, 0.05) is 25.0 Å². The molecule has 0 saturated heterocycles. The van der Waals surface area contributed by atoms with E-state index in [0.717, 1.165) is 24.1 Å². The van der Waals surface area contributed by atoms with E-state index >= 15 is 0 Å². The number of hydrogen-bond donors (Lipinski definition) is 0. The molecule has 4 rings (SSSR count). The van der Waals surface area contributed by atoms with Gasteiger partial charge in [-0.1, -0.05) is 18.2 Å². The van der Waals surface area contributed by atoms with Crippen molar-refractivity contribution in [3.8, 4) is 0 Å². The predicted molar refractivity (Wildman–Crippen MR) is 84.5 cm³/mol. The molecule has 23 heavy (non-hydrogen) atoms. The third-order valence-corrected chi connectivity index (χ3v) is 4.10. The Balaban J connectivity index is 1.61. The Morgan fingerprint density at radius 2 is 2.00 bits per heavy atom. The molecule has 1 fully saturated rings. The molecule has 0 bridgehead atoms. The average Bonchev–Trinajstić information content (AvgIpc) is 3.31. The van der Waals surface area contributed by atoms with Crippen molar-refractivity contribution in [2.75, 3.05) is 0 Å². The number of benzene rings is 1. The predicted octanol–water partition coefficient (Wildman–Crippen LogP) is 3.28. The molecule has 1 aromatic carbocycles. The number of nitrogens with zero attached hydrogens (tertiary/aromatic N) is 3. The Kier molecular flexibility index (Phi) is 3.33. The zero-order chi connectivity index (χ0) is 15.8.